The summed E-state index contributed by atoms with van der Waals surface area (Å²) < 4.78 is 5.14. The number of anilines is 1. The van der Waals surface area contributed by atoms with Gasteiger partial charge in [-0.15, -0.1) is 0 Å². The zero-order valence-electron chi connectivity index (χ0n) is 16.1. The van der Waals surface area contributed by atoms with Crippen molar-refractivity contribution in [2.45, 2.75) is 20.0 Å². The largest absolute Gasteiger partial charge is 0.449 e. The number of rotatable bonds is 6. The average molecular weight is 388 g/mol. The third-order valence-electron chi connectivity index (χ3n) is 4.21. The Balaban J connectivity index is 1.59. The van der Waals surface area contributed by atoms with Gasteiger partial charge in [0.05, 0.1) is 11.2 Å². The Hall–Kier alpha value is -3.80. The molecule has 0 spiro atoms. The highest BCUT2D eigenvalue weighted by Gasteiger charge is 2.17. The van der Waals surface area contributed by atoms with Crippen LogP contribution in [-0.4, -0.2) is 28.7 Å². The van der Waals surface area contributed by atoms with Gasteiger partial charge in [-0.2, -0.15) is 0 Å². The second-order valence-corrected chi connectivity index (χ2v) is 6.47. The zero-order valence-corrected chi connectivity index (χ0v) is 16.1. The van der Waals surface area contributed by atoms with E-state index in [1.54, 1.807) is 30.3 Å². The van der Waals surface area contributed by atoms with Crippen molar-refractivity contribution in [1.29, 1.82) is 0 Å². The third-order valence-corrected chi connectivity index (χ3v) is 4.21. The first-order valence-corrected chi connectivity index (χ1v) is 9.09. The van der Waals surface area contributed by atoms with E-state index < -0.39 is 18.0 Å². The number of amides is 1. The van der Waals surface area contributed by atoms with Crippen molar-refractivity contribution < 1.29 is 19.1 Å². The van der Waals surface area contributed by atoms with E-state index in [2.05, 4.69) is 10.3 Å². The van der Waals surface area contributed by atoms with Gasteiger partial charge in [0, 0.05) is 22.7 Å². The maximum Gasteiger partial charge on any atom is 0.331 e. The van der Waals surface area contributed by atoms with Crippen LogP contribution in [0.25, 0.3) is 17.0 Å². The molecule has 1 heterocycles. The fraction of sp³-hybridized carbons (Fsp3) is 0.130. The highest BCUT2D eigenvalue weighted by atomic mass is 16.5. The molecule has 1 aromatic heterocycles. The van der Waals surface area contributed by atoms with Gasteiger partial charge in [0.1, 0.15) is 0 Å². The number of esters is 1. The topological polar surface area (TPSA) is 85.4 Å². The lowest BCUT2D eigenvalue weighted by Crippen LogP contribution is -2.29. The van der Waals surface area contributed by atoms with Crippen LogP contribution in [0.5, 0.6) is 0 Å². The van der Waals surface area contributed by atoms with Crippen LogP contribution in [0.2, 0.25) is 0 Å². The van der Waals surface area contributed by atoms with E-state index >= 15 is 0 Å². The molecule has 1 N–H and O–H groups in total. The number of para-hydroxylation sites is 1. The first-order valence-electron chi connectivity index (χ1n) is 9.09. The number of hydrogen-bond acceptors (Lipinski definition) is 5. The van der Waals surface area contributed by atoms with Gasteiger partial charge < -0.3 is 10.1 Å². The first kappa shape index (κ1) is 19.9. The molecule has 0 radical (unpaired) electrons. The van der Waals surface area contributed by atoms with Crippen LogP contribution in [-0.2, 0) is 14.3 Å². The van der Waals surface area contributed by atoms with Crippen LogP contribution in [0.3, 0.4) is 0 Å². The average Bonchev–Trinajstić information content (AvgIpc) is 2.72. The molecule has 0 bridgehead atoms. The van der Waals surface area contributed by atoms with Gasteiger partial charge in [-0.1, -0.05) is 36.4 Å². The van der Waals surface area contributed by atoms with Crippen molar-refractivity contribution in [2.24, 2.45) is 0 Å². The number of aromatic nitrogens is 1. The minimum Gasteiger partial charge on any atom is -0.449 e. The summed E-state index contributed by atoms with van der Waals surface area (Å²) in [5, 5.41) is 3.64. The molecule has 3 rings (SSSR count). The Morgan fingerprint density at radius 1 is 1.03 bits per heavy atom. The minimum absolute atomic E-state index is 0.104. The number of ether oxygens (including phenoxy) is 1. The van der Waals surface area contributed by atoms with Gasteiger partial charge in [0.25, 0.3) is 5.91 Å². The third kappa shape index (κ3) is 5.35. The summed E-state index contributed by atoms with van der Waals surface area (Å²) in [4.78, 5) is 40.1. The number of carbonyl (C=O) groups is 3. The van der Waals surface area contributed by atoms with Crippen LogP contribution < -0.4 is 5.32 Å². The van der Waals surface area contributed by atoms with Gasteiger partial charge in [-0.3, -0.25) is 9.59 Å². The molecule has 0 aliphatic carbocycles. The molecule has 1 unspecified atom stereocenters. The lowest BCUT2D eigenvalue weighted by molar-refractivity contribution is -0.148. The molecule has 0 saturated carbocycles. The minimum atomic E-state index is -1.00. The van der Waals surface area contributed by atoms with Gasteiger partial charge >= 0.3 is 5.97 Å². The maximum atomic E-state index is 12.2. The molecular weight excluding hydrogens is 368 g/mol. The predicted octanol–water partition coefficient (Wildman–Crippen LogP) is 4.02. The Morgan fingerprint density at radius 2 is 1.83 bits per heavy atom. The molecule has 3 aromatic rings. The number of ketones is 1. The molecule has 1 atom stereocenters. The van der Waals surface area contributed by atoms with Crippen molar-refractivity contribution in [3.63, 3.8) is 0 Å². The predicted molar refractivity (Wildman–Crippen MR) is 111 cm³/mol. The smallest absolute Gasteiger partial charge is 0.331 e. The maximum absolute atomic E-state index is 12.2. The Labute approximate surface area is 168 Å². The number of pyridine rings is 1. The highest BCUT2D eigenvalue weighted by molar-refractivity contribution is 5.99. The first-order chi connectivity index (χ1) is 13.9. The summed E-state index contributed by atoms with van der Waals surface area (Å²) >= 11 is 0. The summed E-state index contributed by atoms with van der Waals surface area (Å²) in [7, 11) is 0. The van der Waals surface area contributed by atoms with Crippen molar-refractivity contribution in [2.75, 3.05) is 5.32 Å². The van der Waals surface area contributed by atoms with Crippen LogP contribution in [0.15, 0.2) is 66.7 Å². The van der Waals surface area contributed by atoms with E-state index in [1.807, 2.05) is 30.3 Å². The SMILES string of the molecule is CC(=O)c1cccc(NC(=O)C(C)OC(=O)/C=C/c2ccc3ccccc3n2)c1. The van der Waals surface area contributed by atoms with E-state index in [0.717, 1.165) is 10.9 Å². The van der Waals surface area contributed by atoms with E-state index in [-0.39, 0.29) is 5.78 Å². The second-order valence-electron chi connectivity index (χ2n) is 6.47. The standard InChI is InChI=1S/C23H20N2O4/c1-15(26)18-7-5-8-20(14-18)25-23(28)16(2)29-22(27)13-12-19-11-10-17-6-3-4-9-21(17)24-19/h3-14,16H,1-2H3,(H,25,28)/b13-12+. The van der Waals surface area contributed by atoms with Crippen LogP contribution in [0.1, 0.15) is 29.9 Å². The Kier molecular flexibility index (Phi) is 6.14. The second kappa shape index (κ2) is 8.93. The molecule has 29 heavy (non-hydrogen) atoms. The fourth-order valence-corrected chi connectivity index (χ4v) is 2.65. The Bertz CT molecular complexity index is 1100. The van der Waals surface area contributed by atoms with Gasteiger partial charge in [-0.05, 0) is 44.2 Å². The molecule has 0 fully saturated rings. The Morgan fingerprint density at radius 3 is 2.62 bits per heavy atom. The molecular formula is C23H20N2O4. The fourth-order valence-electron chi connectivity index (χ4n) is 2.65. The van der Waals surface area contributed by atoms with Gasteiger partial charge in [-0.25, -0.2) is 9.78 Å². The molecule has 6 heteroatoms. The summed E-state index contributed by atoms with van der Waals surface area (Å²) in [6.45, 7) is 2.92. The van der Waals surface area contributed by atoms with Crippen LogP contribution >= 0.6 is 0 Å². The summed E-state index contributed by atoms with van der Waals surface area (Å²) in [5.41, 5.74) is 2.38. The van der Waals surface area contributed by atoms with Crippen molar-refractivity contribution in [3.05, 3.63) is 78.0 Å². The molecule has 2 aromatic carbocycles. The zero-order chi connectivity index (χ0) is 20.8. The molecule has 146 valence electrons. The van der Waals surface area contributed by atoms with Crippen LogP contribution in [0.4, 0.5) is 5.69 Å². The van der Waals surface area contributed by atoms with Crippen LogP contribution in [0, 0.1) is 0 Å². The summed E-state index contributed by atoms with van der Waals surface area (Å²) in [5.74, 6) is -1.25. The normalized spacial score (nSPS) is 11.9. The number of carbonyl (C=O) groups excluding carboxylic acids is 3. The van der Waals surface area contributed by atoms with E-state index in [0.29, 0.717) is 16.9 Å². The summed E-state index contributed by atoms with van der Waals surface area (Å²) in [6, 6.07) is 17.9. The lowest BCUT2D eigenvalue weighted by Gasteiger charge is -2.12. The molecule has 6 nitrogen and oxygen atoms in total. The molecule has 0 aliphatic heterocycles. The summed E-state index contributed by atoms with van der Waals surface area (Å²) in [6.07, 6.45) is 1.77. The number of fused-ring (bicyclic) bond motifs is 1. The van der Waals surface area contributed by atoms with Crippen molar-refractivity contribution in [1.82, 2.24) is 4.98 Å². The van der Waals surface area contributed by atoms with Crippen molar-refractivity contribution in [3.8, 4) is 0 Å². The number of nitrogens with one attached hydrogen (secondary N) is 1. The molecule has 1 amide bonds. The quantitative estimate of drug-likeness (QED) is 0.392. The molecule has 0 saturated heterocycles. The number of Topliss-reactive ketones (excluding diaryl/α,β-unsaturated/α-hetero) is 1. The lowest BCUT2D eigenvalue weighted by atomic mass is 10.1. The van der Waals surface area contributed by atoms with Gasteiger partial charge in [0.15, 0.2) is 11.9 Å². The highest BCUT2D eigenvalue weighted by Crippen LogP contribution is 2.14. The van der Waals surface area contributed by atoms with E-state index in [4.69, 9.17) is 4.74 Å². The van der Waals surface area contributed by atoms with E-state index in [1.165, 1.54) is 26.0 Å². The van der Waals surface area contributed by atoms with Gasteiger partial charge in [0.2, 0.25) is 0 Å². The molecule has 0 aliphatic rings. The number of hydrogen-bond donors (Lipinski definition) is 1. The number of benzene rings is 2. The van der Waals surface area contributed by atoms with Crippen molar-refractivity contribution >= 4 is 40.3 Å². The van der Waals surface area contributed by atoms with E-state index in [9.17, 15) is 14.4 Å². The monoisotopic (exact) mass is 388 g/mol. The number of nitrogens with zero attached hydrogens (tertiary/aromatic N) is 1.